The van der Waals surface area contributed by atoms with E-state index in [-0.39, 0.29) is 151 Å². The second kappa shape index (κ2) is 64.9. The first-order chi connectivity index (χ1) is 51.8. The molecule has 19 N–H and O–H groups in total. The minimum absolute atomic E-state index is 0.0278. The van der Waals surface area contributed by atoms with Crippen molar-refractivity contribution >= 4 is 134 Å². The van der Waals surface area contributed by atoms with Crippen LogP contribution in [0.1, 0.15) is 152 Å². The van der Waals surface area contributed by atoms with Crippen LogP contribution in [0, 0.1) is 11.8 Å². The number of carboxylic acids is 8. The lowest BCUT2D eigenvalue weighted by Gasteiger charge is -2.23. The molecule has 7 amide bonds. The van der Waals surface area contributed by atoms with Gasteiger partial charge < -0.3 is 93.6 Å². The Kier molecular flexibility index (Phi) is 62.0. The number of urea groups is 2. The largest absolute Gasteiger partial charge is 0.481 e. The van der Waals surface area contributed by atoms with Gasteiger partial charge in [0.2, 0.25) is 17.7 Å². The molecule has 7 atom stereocenters. The number of nitrogens with one attached hydrogen (secondary N) is 7. The topological polar surface area (TPSA) is 705 Å². The van der Waals surface area contributed by atoms with Gasteiger partial charge in [-0.05, 0) is 75.3 Å². The van der Waals surface area contributed by atoms with Crippen LogP contribution in [0.3, 0.4) is 0 Å². The standard InChI is InChI=1S/C49H68N6O15S.C10H16N2O7.C5H11O5P.3CO2/c50-36(46(65)54-39(28-44(62)63)41(58)27-34(30-71)47(66)67)29-52-45(64)33(24-31-14-7-5-8-15-31)26-40(57)38(25-32-16-9-6-10-17-32)53-42(59)19-12-4-2-1-3-11-18-35(56)21-22-37(48(68)69)55-49(70)51-23-13-20-43(60)61;13-7(14)2-1-5-11-10(19)12-6(9(17)18)3-4-8(15)16;6-5(7)3-1-2-4-11(8,9)10;3*2-1-3/h5-10,14-17,33-34,36-39,71H,1-4,11-13,18-30,50H2,(H,52,64)(H,53,59)(H,54,65)(H,60,61)(H,62,63)(H,66,67)(H,68,69)(H2,51,55,70);6H,1-5H2,(H,13,14)(H,15,16)(H,17,18)(H2,11,12,19);1-4H2,(H,6,7)(H2,8,9,10);;;/t33-,34?,36+,37+,38+,39+;6-;;;;/m10..../s1. The lowest BCUT2D eigenvalue weighted by molar-refractivity contribution is -0.193. The van der Waals surface area contributed by atoms with Crippen molar-refractivity contribution in [2.75, 3.05) is 31.5 Å². The molecule has 0 aliphatic rings. The fourth-order valence-electron chi connectivity index (χ4n) is 9.09. The van der Waals surface area contributed by atoms with Crippen molar-refractivity contribution in [3.8, 4) is 0 Å². The maximum Gasteiger partial charge on any atom is 0.373 e. The zero-order chi connectivity index (χ0) is 84.6. The number of nitrogens with two attached hydrogens (primary N) is 1. The monoisotopic (exact) mass is 1600 g/mol. The number of ketones is 3. The number of rotatable bonds is 52. The zero-order valence-corrected chi connectivity index (χ0v) is 61.4. The molecule has 0 radical (unpaired) electrons. The van der Waals surface area contributed by atoms with Crippen LogP contribution in [0.25, 0.3) is 0 Å². The summed E-state index contributed by atoms with van der Waals surface area (Å²) in [6.45, 7) is -0.329. The number of benzene rings is 2. The summed E-state index contributed by atoms with van der Waals surface area (Å²) in [6, 6.07) is 9.68. The molecular weight excluding hydrogens is 1510 g/mol. The molecule has 0 spiro atoms. The second-order valence-electron chi connectivity index (χ2n) is 23.5. The summed E-state index contributed by atoms with van der Waals surface area (Å²) in [4.78, 5) is 254. The second-order valence-corrected chi connectivity index (χ2v) is 25.6. The Morgan fingerprint density at radius 2 is 0.809 bits per heavy atom. The van der Waals surface area contributed by atoms with Crippen molar-refractivity contribution in [2.24, 2.45) is 17.6 Å². The van der Waals surface area contributed by atoms with Crippen LogP contribution >= 0.6 is 20.2 Å². The molecule has 2 aromatic carbocycles. The number of Topliss-reactive ketones (excluding diaryl/α,β-unsaturated/α-hetero) is 3. The molecule has 0 aromatic heterocycles. The molecular formula is C67H95N8O33PS. The van der Waals surface area contributed by atoms with Gasteiger partial charge in [-0.2, -0.15) is 41.4 Å². The number of unbranched alkanes of at least 4 members (excludes halogenated alkanes) is 6. The normalized spacial score (nSPS) is 12.0. The number of carbonyl (C=O) groups excluding carboxylic acids is 14. The first-order valence-electron chi connectivity index (χ1n) is 33.6. The number of carboxylic acid groups (broad SMARTS) is 8. The van der Waals surface area contributed by atoms with Crippen LogP contribution < -0.4 is 43.0 Å². The first kappa shape index (κ1) is 105. The van der Waals surface area contributed by atoms with Crippen molar-refractivity contribution in [1.29, 1.82) is 0 Å². The summed E-state index contributed by atoms with van der Waals surface area (Å²) >= 11 is 3.92. The molecule has 0 fully saturated rings. The van der Waals surface area contributed by atoms with Crippen molar-refractivity contribution in [3.63, 3.8) is 0 Å². The van der Waals surface area contributed by atoms with Gasteiger partial charge in [-0.25, -0.2) is 19.2 Å². The van der Waals surface area contributed by atoms with Crippen LogP contribution in [0.5, 0.6) is 0 Å². The van der Waals surface area contributed by atoms with Gasteiger partial charge in [0.05, 0.1) is 24.4 Å². The van der Waals surface area contributed by atoms with Crippen LogP contribution in [0.4, 0.5) is 9.59 Å². The number of aliphatic carboxylic acids is 8. The highest BCUT2D eigenvalue weighted by atomic mass is 32.1. The van der Waals surface area contributed by atoms with E-state index < -0.39 is 152 Å². The van der Waals surface area contributed by atoms with Crippen molar-refractivity contribution in [2.45, 2.75) is 184 Å². The van der Waals surface area contributed by atoms with Crippen molar-refractivity contribution in [3.05, 3.63) is 71.8 Å². The van der Waals surface area contributed by atoms with Crippen molar-refractivity contribution in [1.82, 2.24) is 37.2 Å². The minimum Gasteiger partial charge on any atom is -0.481 e. The summed E-state index contributed by atoms with van der Waals surface area (Å²) in [5.74, 6) is -15.3. The van der Waals surface area contributed by atoms with Crippen molar-refractivity contribution < 1.29 is 161 Å². The van der Waals surface area contributed by atoms with E-state index in [1.165, 1.54) is 0 Å². The third kappa shape index (κ3) is 62.9. The maximum absolute atomic E-state index is 14.1. The Bertz CT molecular complexity index is 3350. The molecule has 41 nitrogen and oxygen atoms in total. The number of amides is 7. The zero-order valence-electron chi connectivity index (χ0n) is 59.7. The van der Waals surface area contributed by atoms with Crippen LogP contribution in [-0.4, -0.2) is 226 Å². The van der Waals surface area contributed by atoms with Gasteiger partial charge in [0.15, 0.2) is 11.6 Å². The molecule has 0 saturated heterocycles. The molecule has 0 bridgehead atoms. The molecule has 1 unspecified atom stereocenters. The highest BCUT2D eigenvalue weighted by Gasteiger charge is 2.32. The van der Waals surface area contributed by atoms with Gasteiger partial charge >= 0.3 is 85.9 Å². The predicted molar refractivity (Wildman–Crippen MR) is 376 cm³/mol. The smallest absolute Gasteiger partial charge is 0.373 e. The first-order valence-corrected chi connectivity index (χ1v) is 36.0. The van der Waals surface area contributed by atoms with Gasteiger partial charge in [-0.15, -0.1) is 0 Å². The van der Waals surface area contributed by atoms with E-state index in [9.17, 15) is 96.6 Å². The third-order valence-corrected chi connectivity index (χ3v) is 15.9. The third-order valence-electron chi connectivity index (χ3n) is 14.6. The fourth-order valence-corrected chi connectivity index (χ4v) is 10.0. The molecule has 0 aliphatic heterocycles. The lowest BCUT2D eigenvalue weighted by Crippen LogP contribution is -2.53. The minimum atomic E-state index is -3.92. The molecule has 2 aromatic rings. The van der Waals surface area contributed by atoms with E-state index in [0.29, 0.717) is 25.7 Å². The number of hydrogen-bond donors (Lipinski definition) is 19. The fraction of sp³-hybridized carbons (Fsp3) is 0.537. The summed E-state index contributed by atoms with van der Waals surface area (Å²) in [5.41, 5.74) is 7.54. The van der Waals surface area contributed by atoms with E-state index in [0.717, 1.165) is 30.4 Å². The number of hydrogen-bond acceptors (Lipinski definition) is 25. The number of carbonyl (C=O) groups is 16. The van der Waals surface area contributed by atoms with Gasteiger partial charge in [0.25, 0.3) is 0 Å². The van der Waals surface area contributed by atoms with Gasteiger partial charge in [0.1, 0.15) is 23.9 Å². The van der Waals surface area contributed by atoms with E-state index in [4.69, 9.17) is 69.8 Å². The van der Waals surface area contributed by atoms with Crippen LogP contribution in [-0.2, 0) is 113 Å². The summed E-state index contributed by atoms with van der Waals surface area (Å²) < 4.78 is 10.2. The quantitative estimate of drug-likeness (QED) is 0.0247. The highest BCUT2D eigenvalue weighted by Crippen LogP contribution is 2.35. The molecule has 110 heavy (non-hydrogen) atoms. The summed E-state index contributed by atoms with van der Waals surface area (Å²) in [6.07, 6.45) is 3.41. The summed E-state index contributed by atoms with van der Waals surface area (Å²) in [5, 5.41) is 87.2. The Morgan fingerprint density at radius 3 is 1.23 bits per heavy atom. The van der Waals surface area contributed by atoms with E-state index in [1.807, 2.05) is 18.2 Å². The Morgan fingerprint density at radius 1 is 0.409 bits per heavy atom. The van der Waals surface area contributed by atoms with E-state index in [1.54, 1.807) is 42.5 Å². The van der Waals surface area contributed by atoms with Crippen LogP contribution in [0.2, 0.25) is 0 Å². The van der Waals surface area contributed by atoms with Gasteiger partial charge in [-0.1, -0.05) is 86.3 Å². The lowest BCUT2D eigenvalue weighted by atomic mass is 9.89. The molecule has 0 saturated carbocycles. The SMILES string of the molecule is N[C@@H](CNC(=O)[C@@H](CC(=O)[C@H](Cc1ccccc1)NC(=O)CCCCCCCCC(=O)CC[C@H](NC(=O)NCCCC(=O)O)C(=O)O)Cc1ccccc1)C(=O)N[C@@H](CC(=O)O)C(=O)CC(CS)C(=O)O.O=C(O)CCCCP(=O)(O)O.O=C(O)CCCNC(=O)N[C@@H](CCC(=O)O)C(=O)O.O=C=O.O=C=O.O=C=O. The predicted octanol–water partition coefficient (Wildman–Crippen LogP) is 0.749. The average molecular weight is 1600 g/mol. The van der Waals surface area contributed by atoms with Gasteiger partial charge in [-0.3, -0.25) is 62.1 Å². The molecule has 2 rings (SSSR count). The van der Waals surface area contributed by atoms with E-state index >= 15 is 0 Å². The Hall–Kier alpha value is -11.2. The Balaban J connectivity index is -0.00000117. The number of thiol groups is 1. The highest BCUT2D eigenvalue weighted by molar-refractivity contribution is 7.80. The maximum atomic E-state index is 14.1. The average Bonchev–Trinajstić information content (AvgIpc) is 0.855. The van der Waals surface area contributed by atoms with Gasteiger partial charge in [0, 0.05) is 95.3 Å². The summed E-state index contributed by atoms with van der Waals surface area (Å²) in [7, 11) is -3.92. The van der Waals surface area contributed by atoms with Crippen LogP contribution in [0.15, 0.2) is 60.7 Å². The van der Waals surface area contributed by atoms with E-state index in [2.05, 4.69) is 49.8 Å². The molecule has 0 aliphatic carbocycles. The molecule has 0 heterocycles. The molecule has 43 heteroatoms. The molecule has 612 valence electrons. The Labute approximate surface area is 634 Å².